The minimum Gasteiger partial charge on any atom is -0.352 e. The number of anilines is 1. The largest absolute Gasteiger partial charge is 0.352 e. The van der Waals surface area contributed by atoms with Crippen LogP contribution in [-0.2, 0) is 4.79 Å². The molecule has 0 aliphatic rings. The zero-order chi connectivity index (χ0) is 15.9. The molecule has 0 atom stereocenters. The van der Waals surface area contributed by atoms with E-state index in [9.17, 15) is 9.59 Å². The fourth-order valence-corrected chi connectivity index (χ4v) is 3.11. The van der Waals surface area contributed by atoms with Gasteiger partial charge in [-0.3, -0.25) is 9.59 Å². The first-order chi connectivity index (χ1) is 10.6. The van der Waals surface area contributed by atoms with Gasteiger partial charge in [-0.1, -0.05) is 27.5 Å². The molecule has 2 N–H and O–H groups in total. The topological polar surface area (TPSA) is 58.2 Å². The second-order valence-electron chi connectivity index (χ2n) is 4.54. The minimum atomic E-state index is -0.131. The van der Waals surface area contributed by atoms with Gasteiger partial charge in [0.25, 0.3) is 5.91 Å². The highest BCUT2D eigenvalue weighted by Gasteiger charge is 2.08. The fourth-order valence-electron chi connectivity index (χ4n) is 1.75. The summed E-state index contributed by atoms with van der Waals surface area (Å²) in [6.07, 6.45) is 0.881. The van der Waals surface area contributed by atoms with E-state index in [1.165, 1.54) is 11.3 Å². The van der Waals surface area contributed by atoms with Crippen molar-refractivity contribution in [2.24, 2.45) is 0 Å². The van der Waals surface area contributed by atoms with E-state index in [1.54, 1.807) is 23.6 Å². The van der Waals surface area contributed by atoms with Crippen molar-refractivity contribution in [1.82, 2.24) is 5.32 Å². The summed E-state index contributed by atoms with van der Waals surface area (Å²) in [5, 5.41) is 9.65. The minimum absolute atomic E-state index is 0.113. The first-order valence-electron chi connectivity index (χ1n) is 6.61. The van der Waals surface area contributed by atoms with Crippen LogP contribution in [0.5, 0.6) is 0 Å². The molecule has 1 heterocycles. The van der Waals surface area contributed by atoms with Gasteiger partial charge in [-0.2, -0.15) is 11.3 Å². The zero-order valence-corrected chi connectivity index (χ0v) is 14.7. The van der Waals surface area contributed by atoms with Crippen LogP contribution in [-0.4, -0.2) is 18.4 Å². The van der Waals surface area contributed by atoms with Gasteiger partial charge in [0.1, 0.15) is 0 Å². The van der Waals surface area contributed by atoms with E-state index in [4.69, 9.17) is 11.6 Å². The predicted molar refractivity (Wildman–Crippen MR) is 93.7 cm³/mol. The third-order valence-corrected chi connectivity index (χ3v) is 4.34. The first-order valence-corrected chi connectivity index (χ1v) is 8.73. The van der Waals surface area contributed by atoms with E-state index in [0.717, 1.165) is 4.47 Å². The Labute approximate surface area is 146 Å². The van der Waals surface area contributed by atoms with Crippen LogP contribution in [0.4, 0.5) is 5.69 Å². The Bertz CT molecular complexity index is 662. The van der Waals surface area contributed by atoms with Crippen LogP contribution in [0.2, 0.25) is 5.02 Å². The number of carbonyl (C=O) groups excluding carboxylic acids is 2. The summed E-state index contributed by atoms with van der Waals surface area (Å²) in [6, 6.07) is 7.03. The van der Waals surface area contributed by atoms with E-state index in [2.05, 4.69) is 26.6 Å². The first kappa shape index (κ1) is 17.0. The maximum atomic E-state index is 11.8. The molecule has 0 fully saturated rings. The molecule has 0 saturated heterocycles. The highest BCUT2D eigenvalue weighted by molar-refractivity contribution is 9.10. The molecule has 1 aromatic carbocycles. The van der Waals surface area contributed by atoms with E-state index in [-0.39, 0.29) is 11.8 Å². The van der Waals surface area contributed by atoms with Crippen LogP contribution >= 0.6 is 38.9 Å². The molecule has 2 amide bonds. The quantitative estimate of drug-likeness (QED) is 0.709. The van der Waals surface area contributed by atoms with Crippen molar-refractivity contribution in [2.45, 2.75) is 12.8 Å². The molecule has 0 aliphatic carbocycles. The number of hydrogen-bond acceptors (Lipinski definition) is 3. The lowest BCUT2D eigenvalue weighted by Crippen LogP contribution is -2.25. The molecular formula is C15H14BrClN2O2S. The number of nitrogens with one attached hydrogen (secondary N) is 2. The summed E-state index contributed by atoms with van der Waals surface area (Å²) in [5.41, 5.74) is 1.23. The predicted octanol–water partition coefficient (Wildman–Crippen LogP) is 4.31. The van der Waals surface area contributed by atoms with Gasteiger partial charge in [-0.05, 0) is 36.1 Å². The summed E-state index contributed by atoms with van der Waals surface area (Å²) in [6.45, 7) is 0.455. The summed E-state index contributed by atoms with van der Waals surface area (Å²) in [7, 11) is 0. The molecule has 0 unspecified atom stereocenters. The number of hydrogen-bond donors (Lipinski definition) is 2. The number of halogens is 2. The number of carbonyl (C=O) groups is 2. The van der Waals surface area contributed by atoms with Crippen molar-refractivity contribution in [3.05, 3.63) is 50.1 Å². The van der Waals surface area contributed by atoms with Gasteiger partial charge in [0.05, 0.1) is 10.7 Å². The normalized spacial score (nSPS) is 10.3. The highest BCUT2D eigenvalue weighted by atomic mass is 79.9. The molecule has 2 aromatic rings. The van der Waals surface area contributed by atoms with E-state index < -0.39 is 0 Å². The van der Waals surface area contributed by atoms with Gasteiger partial charge in [0, 0.05) is 28.4 Å². The fraction of sp³-hybridized carbons (Fsp3) is 0.200. The van der Waals surface area contributed by atoms with Crippen molar-refractivity contribution in [3.63, 3.8) is 0 Å². The van der Waals surface area contributed by atoms with Crippen LogP contribution in [0.15, 0.2) is 39.5 Å². The lowest BCUT2D eigenvalue weighted by atomic mass is 10.2. The van der Waals surface area contributed by atoms with Crippen LogP contribution in [0.3, 0.4) is 0 Å². The number of amides is 2. The van der Waals surface area contributed by atoms with Gasteiger partial charge in [-0.15, -0.1) is 0 Å². The maximum Gasteiger partial charge on any atom is 0.252 e. The van der Waals surface area contributed by atoms with Crippen LogP contribution in [0, 0.1) is 0 Å². The molecular weight excluding hydrogens is 388 g/mol. The monoisotopic (exact) mass is 400 g/mol. The Hall–Kier alpha value is -1.37. The lowest BCUT2D eigenvalue weighted by Gasteiger charge is -2.08. The molecule has 0 saturated carbocycles. The molecule has 4 nitrogen and oxygen atoms in total. The molecule has 0 aliphatic heterocycles. The average Bonchev–Trinajstić information content (AvgIpc) is 3.01. The Morgan fingerprint density at radius 2 is 2.09 bits per heavy atom. The number of thiophene rings is 1. The Morgan fingerprint density at radius 3 is 2.77 bits per heavy atom. The van der Waals surface area contributed by atoms with Gasteiger partial charge in [-0.25, -0.2) is 0 Å². The van der Waals surface area contributed by atoms with Gasteiger partial charge in [0.15, 0.2) is 0 Å². The van der Waals surface area contributed by atoms with Crippen LogP contribution < -0.4 is 10.6 Å². The van der Waals surface area contributed by atoms with Crippen molar-refractivity contribution in [2.75, 3.05) is 11.9 Å². The van der Waals surface area contributed by atoms with Crippen molar-refractivity contribution >= 4 is 56.4 Å². The lowest BCUT2D eigenvalue weighted by molar-refractivity contribution is -0.116. The van der Waals surface area contributed by atoms with Crippen molar-refractivity contribution in [3.8, 4) is 0 Å². The van der Waals surface area contributed by atoms with Gasteiger partial charge in [0.2, 0.25) is 5.91 Å². The van der Waals surface area contributed by atoms with Gasteiger partial charge >= 0.3 is 0 Å². The zero-order valence-electron chi connectivity index (χ0n) is 11.6. The van der Waals surface area contributed by atoms with E-state index in [0.29, 0.717) is 35.7 Å². The molecule has 0 radical (unpaired) electrons. The Morgan fingerprint density at radius 1 is 1.27 bits per heavy atom. The smallest absolute Gasteiger partial charge is 0.252 e. The third-order valence-electron chi connectivity index (χ3n) is 2.85. The second-order valence-corrected chi connectivity index (χ2v) is 6.65. The summed E-state index contributed by atoms with van der Waals surface area (Å²) in [4.78, 5) is 23.5. The van der Waals surface area contributed by atoms with Crippen LogP contribution in [0.25, 0.3) is 0 Å². The molecule has 0 bridgehead atoms. The Balaban J connectivity index is 1.71. The summed E-state index contributed by atoms with van der Waals surface area (Å²) >= 11 is 10.8. The average molecular weight is 402 g/mol. The maximum absolute atomic E-state index is 11.8. The molecule has 22 heavy (non-hydrogen) atoms. The van der Waals surface area contributed by atoms with Crippen LogP contribution in [0.1, 0.15) is 23.2 Å². The molecule has 7 heteroatoms. The summed E-state index contributed by atoms with van der Waals surface area (Å²) < 4.78 is 0.853. The SMILES string of the molecule is O=C(CCCNC(=O)c1ccsc1)Nc1ccc(Br)cc1Cl. The third kappa shape index (κ3) is 5.12. The Kier molecular flexibility index (Phi) is 6.42. The molecule has 2 rings (SSSR count). The van der Waals surface area contributed by atoms with E-state index in [1.807, 2.05) is 11.4 Å². The molecule has 1 aromatic heterocycles. The standard InChI is InChI=1S/C15H14BrClN2O2S/c16-11-3-4-13(12(17)8-11)19-14(20)2-1-6-18-15(21)10-5-7-22-9-10/h3-5,7-9H,1-2,6H2,(H,18,21)(H,19,20). The van der Waals surface area contributed by atoms with E-state index >= 15 is 0 Å². The molecule has 0 spiro atoms. The highest BCUT2D eigenvalue weighted by Crippen LogP contribution is 2.25. The summed E-state index contributed by atoms with van der Waals surface area (Å²) in [5.74, 6) is -0.244. The van der Waals surface area contributed by atoms with Gasteiger partial charge < -0.3 is 10.6 Å². The number of benzene rings is 1. The second kappa shape index (κ2) is 8.31. The van der Waals surface area contributed by atoms with Crippen molar-refractivity contribution < 1.29 is 9.59 Å². The number of rotatable bonds is 6. The van der Waals surface area contributed by atoms with Crippen molar-refractivity contribution in [1.29, 1.82) is 0 Å². The molecule has 116 valence electrons.